The van der Waals surface area contributed by atoms with Crippen molar-refractivity contribution in [2.24, 2.45) is 4.99 Å². The van der Waals surface area contributed by atoms with Gasteiger partial charge in [0, 0.05) is 0 Å². The van der Waals surface area contributed by atoms with Crippen LogP contribution in [0.1, 0.15) is 38.5 Å². The molecule has 0 bridgehead atoms. The first-order chi connectivity index (χ1) is 10.0. The summed E-state index contributed by atoms with van der Waals surface area (Å²) < 4.78 is 39.9. The van der Waals surface area contributed by atoms with E-state index in [9.17, 15) is 12.8 Å². The minimum atomic E-state index is -3.76. The Labute approximate surface area is 123 Å². The van der Waals surface area contributed by atoms with E-state index >= 15 is 0 Å². The third-order valence-electron chi connectivity index (χ3n) is 3.85. The van der Waals surface area contributed by atoms with Crippen LogP contribution in [0.5, 0.6) is 0 Å². The van der Waals surface area contributed by atoms with Crippen molar-refractivity contribution in [1.29, 1.82) is 0 Å². The quantitative estimate of drug-likeness (QED) is 0.783. The summed E-state index contributed by atoms with van der Waals surface area (Å²) in [6.45, 7) is 0. The number of guanidine groups is 1. The first-order valence-corrected chi connectivity index (χ1v) is 8.70. The molecule has 1 saturated carbocycles. The van der Waals surface area contributed by atoms with E-state index in [1.165, 1.54) is 25.0 Å². The normalized spacial score (nSPS) is 23.8. The van der Waals surface area contributed by atoms with E-state index in [0.717, 1.165) is 31.7 Å². The van der Waals surface area contributed by atoms with E-state index < -0.39 is 15.8 Å². The first-order valence-electron chi connectivity index (χ1n) is 7.22. The molecule has 0 saturated heterocycles. The zero-order valence-electron chi connectivity index (χ0n) is 11.6. The monoisotopic (exact) mass is 311 g/mol. The minimum Gasteiger partial charge on any atom is -0.324 e. The summed E-state index contributed by atoms with van der Waals surface area (Å²) in [4.78, 5) is 4.41. The lowest BCUT2D eigenvalue weighted by atomic mass is 10.1. The van der Waals surface area contributed by atoms with Crippen LogP contribution in [-0.2, 0) is 10.0 Å². The lowest BCUT2D eigenvalue weighted by Gasteiger charge is -2.22. The summed E-state index contributed by atoms with van der Waals surface area (Å²) in [6, 6.07) is 3.80. The Kier molecular flexibility index (Phi) is 3.84. The largest absolute Gasteiger partial charge is 0.324 e. The molecule has 7 heteroatoms. The third kappa shape index (κ3) is 3.18. The van der Waals surface area contributed by atoms with Crippen molar-refractivity contribution >= 4 is 21.7 Å². The van der Waals surface area contributed by atoms with Gasteiger partial charge in [0.1, 0.15) is 10.7 Å². The van der Waals surface area contributed by atoms with Crippen LogP contribution >= 0.6 is 0 Å². The van der Waals surface area contributed by atoms with Gasteiger partial charge in [-0.3, -0.25) is 0 Å². The summed E-state index contributed by atoms with van der Waals surface area (Å²) >= 11 is 0. The maximum absolute atomic E-state index is 13.2. The highest BCUT2D eigenvalue weighted by molar-refractivity contribution is 7.90. The van der Waals surface area contributed by atoms with E-state index in [0.29, 0.717) is 5.69 Å². The van der Waals surface area contributed by atoms with Gasteiger partial charge in [0.25, 0.3) is 10.0 Å². The number of aliphatic imine (C=N–C) groups is 1. The molecule has 2 aliphatic rings. The van der Waals surface area contributed by atoms with Crippen LogP contribution in [0.25, 0.3) is 0 Å². The smallest absolute Gasteiger partial charge is 0.266 e. The fourth-order valence-electron chi connectivity index (χ4n) is 2.79. The van der Waals surface area contributed by atoms with E-state index in [1.807, 2.05) is 0 Å². The summed E-state index contributed by atoms with van der Waals surface area (Å²) in [7, 11) is -3.76. The highest BCUT2D eigenvalue weighted by Crippen LogP contribution is 2.26. The van der Waals surface area contributed by atoms with Crippen LogP contribution < -0.4 is 10.0 Å². The van der Waals surface area contributed by atoms with Gasteiger partial charge in [-0.25, -0.2) is 22.5 Å². The van der Waals surface area contributed by atoms with Crippen molar-refractivity contribution in [2.45, 2.75) is 49.5 Å². The van der Waals surface area contributed by atoms with Crippen molar-refractivity contribution in [3.8, 4) is 0 Å². The molecule has 114 valence electrons. The fraction of sp³-hybridized carbons (Fsp3) is 0.500. The molecule has 0 spiro atoms. The third-order valence-corrected chi connectivity index (χ3v) is 5.23. The first kappa shape index (κ1) is 14.3. The van der Waals surface area contributed by atoms with Crippen LogP contribution in [0.2, 0.25) is 0 Å². The molecule has 0 atom stereocenters. The molecular formula is C14H18FN3O2S. The molecule has 1 aliphatic heterocycles. The molecule has 1 aromatic rings. The molecule has 3 rings (SSSR count). The lowest BCUT2D eigenvalue weighted by Crippen LogP contribution is -2.41. The Morgan fingerprint density at radius 3 is 2.57 bits per heavy atom. The molecule has 21 heavy (non-hydrogen) atoms. The molecule has 2 N–H and O–H groups in total. The maximum Gasteiger partial charge on any atom is 0.266 e. The van der Waals surface area contributed by atoms with Crippen molar-refractivity contribution in [3.63, 3.8) is 0 Å². The molecule has 0 aromatic heterocycles. The van der Waals surface area contributed by atoms with E-state index in [4.69, 9.17) is 0 Å². The molecule has 1 fully saturated rings. The lowest BCUT2D eigenvalue weighted by molar-refractivity contribution is 0.577. The molecule has 1 aliphatic carbocycles. The average Bonchev–Trinajstić information content (AvgIpc) is 2.68. The number of fused-ring (bicyclic) bond motifs is 1. The molecule has 5 nitrogen and oxygen atoms in total. The van der Waals surface area contributed by atoms with Crippen molar-refractivity contribution < 1.29 is 12.8 Å². The van der Waals surface area contributed by atoms with Gasteiger partial charge in [-0.15, -0.1) is 0 Å². The van der Waals surface area contributed by atoms with Crippen LogP contribution in [0.15, 0.2) is 28.1 Å². The number of nitrogens with zero attached hydrogens (tertiary/aromatic N) is 1. The highest BCUT2D eigenvalue weighted by Gasteiger charge is 2.27. The average molecular weight is 311 g/mol. The van der Waals surface area contributed by atoms with Gasteiger partial charge < -0.3 is 5.32 Å². The van der Waals surface area contributed by atoms with Crippen molar-refractivity contribution in [3.05, 3.63) is 24.0 Å². The Morgan fingerprint density at radius 2 is 1.86 bits per heavy atom. The second-order valence-corrected chi connectivity index (χ2v) is 7.14. The van der Waals surface area contributed by atoms with E-state index in [-0.39, 0.29) is 16.9 Å². The summed E-state index contributed by atoms with van der Waals surface area (Å²) in [6.07, 6.45) is 6.61. The van der Waals surface area contributed by atoms with Crippen LogP contribution in [0.4, 0.5) is 10.1 Å². The number of hydrogen-bond donors (Lipinski definition) is 2. The highest BCUT2D eigenvalue weighted by atomic mass is 32.2. The van der Waals surface area contributed by atoms with Crippen LogP contribution in [0.3, 0.4) is 0 Å². The zero-order chi connectivity index (χ0) is 14.9. The Morgan fingerprint density at radius 1 is 1.14 bits per heavy atom. The van der Waals surface area contributed by atoms with E-state index in [2.05, 4.69) is 15.0 Å². The fourth-order valence-corrected chi connectivity index (χ4v) is 3.93. The van der Waals surface area contributed by atoms with Gasteiger partial charge in [-0.2, -0.15) is 0 Å². The predicted molar refractivity (Wildman–Crippen MR) is 79.3 cm³/mol. The maximum atomic E-state index is 13.2. The summed E-state index contributed by atoms with van der Waals surface area (Å²) in [5.41, 5.74) is 0.363. The van der Waals surface area contributed by atoms with Gasteiger partial charge in [0.2, 0.25) is 5.96 Å². The van der Waals surface area contributed by atoms with Gasteiger partial charge in [0.05, 0.1) is 11.7 Å². The van der Waals surface area contributed by atoms with Crippen molar-refractivity contribution in [2.75, 3.05) is 5.32 Å². The SMILES string of the molecule is O=S1(=O)NC(=NC2CCCCCC2)Nc2ccc(F)cc21. The van der Waals surface area contributed by atoms with Gasteiger partial charge in [-0.1, -0.05) is 25.7 Å². The van der Waals surface area contributed by atoms with Crippen LogP contribution in [0, 0.1) is 5.82 Å². The second-order valence-electron chi connectivity index (χ2n) is 5.49. The number of hydrogen-bond acceptors (Lipinski definition) is 3. The Balaban J connectivity index is 1.89. The molecule has 0 amide bonds. The number of nitrogens with one attached hydrogen (secondary N) is 2. The molecule has 1 heterocycles. The second kappa shape index (κ2) is 5.63. The number of anilines is 1. The summed E-state index contributed by atoms with van der Waals surface area (Å²) in [5, 5.41) is 2.94. The molecule has 1 aromatic carbocycles. The van der Waals surface area contributed by atoms with Crippen LogP contribution in [-0.4, -0.2) is 20.4 Å². The Hall–Kier alpha value is -1.63. The van der Waals surface area contributed by atoms with Gasteiger partial charge in [-0.05, 0) is 31.0 Å². The van der Waals surface area contributed by atoms with Gasteiger partial charge >= 0.3 is 0 Å². The number of halogens is 1. The van der Waals surface area contributed by atoms with E-state index in [1.54, 1.807) is 0 Å². The van der Waals surface area contributed by atoms with Crippen molar-refractivity contribution in [1.82, 2.24) is 4.72 Å². The molecular weight excluding hydrogens is 293 g/mol. The Bertz CT molecular complexity index is 665. The minimum absolute atomic E-state index is 0.0812. The number of rotatable bonds is 1. The standard InChI is InChI=1S/C14H18FN3O2S/c15-10-7-8-12-13(9-10)21(19,20)18-14(17-12)16-11-5-3-1-2-4-6-11/h7-9,11H,1-6H2,(H2,16,17,18). The topological polar surface area (TPSA) is 70.6 Å². The molecule has 0 unspecified atom stereocenters. The zero-order valence-corrected chi connectivity index (χ0v) is 12.4. The summed E-state index contributed by atoms with van der Waals surface area (Å²) in [5.74, 6) is -0.342. The predicted octanol–water partition coefficient (Wildman–Crippen LogP) is 2.61. The molecule has 0 radical (unpaired) electrons. The van der Waals surface area contributed by atoms with Gasteiger partial charge in [0.15, 0.2) is 0 Å². The number of benzene rings is 1. The number of sulfonamides is 1.